The number of rotatable bonds is 3. The molecule has 0 aromatic heterocycles. The maximum absolute atomic E-state index is 11.2. The zero-order valence-corrected chi connectivity index (χ0v) is 8.14. The van der Waals surface area contributed by atoms with Crippen LogP contribution in [0.4, 0.5) is 0 Å². The van der Waals surface area contributed by atoms with Gasteiger partial charge < -0.3 is 10.0 Å². The normalized spacial score (nSPS) is 21.2. The largest absolute Gasteiger partial charge is 0.393 e. The fourth-order valence-corrected chi connectivity index (χ4v) is 1.98. The van der Waals surface area contributed by atoms with Gasteiger partial charge in [0.05, 0.1) is 11.9 Å². The Hall–Kier alpha value is -0.220. The van der Waals surface area contributed by atoms with Gasteiger partial charge in [0, 0.05) is 18.8 Å². The summed E-state index contributed by atoms with van der Waals surface area (Å²) in [4.78, 5) is 13.1. The molecule has 3 nitrogen and oxygen atoms in total. The van der Waals surface area contributed by atoms with Crippen molar-refractivity contribution in [2.75, 3.05) is 24.6 Å². The summed E-state index contributed by atoms with van der Waals surface area (Å²) in [6, 6.07) is 0. The van der Waals surface area contributed by atoms with Gasteiger partial charge in [-0.25, -0.2) is 0 Å². The Morgan fingerprint density at radius 1 is 1.75 bits per heavy atom. The van der Waals surface area contributed by atoms with E-state index in [9.17, 15) is 4.79 Å². The van der Waals surface area contributed by atoms with Crippen LogP contribution in [-0.4, -0.2) is 46.6 Å². The minimum absolute atomic E-state index is 0.215. The molecule has 1 unspecified atom stereocenters. The number of aliphatic hydroxyl groups excluding tert-OH is 1. The molecule has 0 aromatic carbocycles. The quantitative estimate of drug-likeness (QED) is 0.695. The fraction of sp³-hybridized carbons (Fsp3) is 0.875. The number of amides is 1. The second kappa shape index (κ2) is 4.72. The predicted molar refractivity (Wildman–Crippen MR) is 50.2 cm³/mol. The highest BCUT2D eigenvalue weighted by Gasteiger charge is 2.17. The predicted octanol–water partition coefficient (Wildman–Crippen LogP) is 0.333. The van der Waals surface area contributed by atoms with E-state index >= 15 is 0 Å². The SMILES string of the molecule is CC(O)CCN1CCSCC1=O. The Bertz CT molecular complexity index is 161. The van der Waals surface area contributed by atoms with E-state index in [-0.39, 0.29) is 12.0 Å². The number of thioether (sulfide) groups is 1. The van der Waals surface area contributed by atoms with Gasteiger partial charge in [-0.15, -0.1) is 0 Å². The summed E-state index contributed by atoms with van der Waals surface area (Å²) in [7, 11) is 0. The Labute approximate surface area is 77.1 Å². The van der Waals surface area contributed by atoms with E-state index < -0.39 is 0 Å². The number of hydrogen-bond acceptors (Lipinski definition) is 3. The van der Waals surface area contributed by atoms with E-state index in [1.165, 1.54) is 0 Å². The average Bonchev–Trinajstić information content (AvgIpc) is 2.03. The van der Waals surface area contributed by atoms with E-state index in [0.717, 1.165) is 12.3 Å². The molecule has 1 N–H and O–H groups in total. The van der Waals surface area contributed by atoms with Gasteiger partial charge in [-0.2, -0.15) is 11.8 Å². The first-order valence-corrected chi connectivity index (χ1v) is 5.39. The monoisotopic (exact) mass is 189 g/mol. The van der Waals surface area contributed by atoms with Gasteiger partial charge in [0.25, 0.3) is 0 Å². The molecule has 0 bridgehead atoms. The van der Waals surface area contributed by atoms with Crippen molar-refractivity contribution >= 4 is 17.7 Å². The summed E-state index contributed by atoms with van der Waals surface area (Å²) in [5.74, 6) is 1.86. The number of carbonyl (C=O) groups is 1. The van der Waals surface area contributed by atoms with Gasteiger partial charge >= 0.3 is 0 Å². The highest BCUT2D eigenvalue weighted by molar-refractivity contribution is 8.00. The second-order valence-corrected chi connectivity index (χ2v) is 4.18. The molecule has 1 heterocycles. The summed E-state index contributed by atoms with van der Waals surface area (Å²) in [5.41, 5.74) is 0. The Morgan fingerprint density at radius 3 is 3.08 bits per heavy atom. The van der Waals surface area contributed by atoms with Gasteiger partial charge in [0.1, 0.15) is 0 Å². The molecule has 1 saturated heterocycles. The maximum Gasteiger partial charge on any atom is 0.232 e. The van der Waals surface area contributed by atoms with Crippen LogP contribution in [0.15, 0.2) is 0 Å². The van der Waals surface area contributed by atoms with Gasteiger partial charge in [-0.05, 0) is 13.3 Å². The van der Waals surface area contributed by atoms with Crippen molar-refractivity contribution in [1.82, 2.24) is 4.90 Å². The van der Waals surface area contributed by atoms with Crippen LogP contribution in [0, 0.1) is 0 Å². The van der Waals surface area contributed by atoms with Crippen LogP contribution in [0.3, 0.4) is 0 Å². The van der Waals surface area contributed by atoms with E-state index in [0.29, 0.717) is 18.7 Å². The number of nitrogens with zero attached hydrogens (tertiary/aromatic N) is 1. The summed E-state index contributed by atoms with van der Waals surface area (Å²) in [6.45, 7) is 3.30. The van der Waals surface area contributed by atoms with Crippen molar-refractivity contribution in [2.45, 2.75) is 19.4 Å². The van der Waals surface area contributed by atoms with Crippen molar-refractivity contribution in [3.05, 3.63) is 0 Å². The fourth-order valence-electron chi connectivity index (χ4n) is 1.13. The molecule has 1 aliphatic heterocycles. The molecule has 1 amide bonds. The number of carbonyl (C=O) groups excluding carboxylic acids is 1. The third kappa shape index (κ3) is 3.03. The molecule has 4 heteroatoms. The molecule has 0 saturated carbocycles. The van der Waals surface area contributed by atoms with Crippen LogP contribution < -0.4 is 0 Å². The van der Waals surface area contributed by atoms with Crippen molar-refractivity contribution in [1.29, 1.82) is 0 Å². The van der Waals surface area contributed by atoms with Crippen molar-refractivity contribution in [3.8, 4) is 0 Å². The lowest BCUT2D eigenvalue weighted by Crippen LogP contribution is -2.39. The lowest BCUT2D eigenvalue weighted by atomic mass is 10.2. The molecule has 0 aromatic rings. The van der Waals surface area contributed by atoms with E-state index in [2.05, 4.69) is 0 Å². The molecule has 1 fully saturated rings. The van der Waals surface area contributed by atoms with Crippen LogP contribution in [0.2, 0.25) is 0 Å². The van der Waals surface area contributed by atoms with Gasteiger partial charge in [-0.3, -0.25) is 4.79 Å². The number of hydrogen-bond donors (Lipinski definition) is 1. The van der Waals surface area contributed by atoms with Crippen LogP contribution in [0.25, 0.3) is 0 Å². The minimum atomic E-state index is -0.299. The van der Waals surface area contributed by atoms with Crippen molar-refractivity contribution in [3.63, 3.8) is 0 Å². The molecule has 1 rings (SSSR count). The Balaban J connectivity index is 2.25. The third-order valence-electron chi connectivity index (χ3n) is 1.90. The molecule has 0 radical (unpaired) electrons. The zero-order chi connectivity index (χ0) is 8.97. The Morgan fingerprint density at radius 2 is 2.50 bits per heavy atom. The second-order valence-electron chi connectivity index (χ2n) is 3.07. The van der Waals surface area contributed by atoms with Gasteiger partial charge in [0.15, 0.2) is 0 Å². The Kier molecular flexibility index (Phi) is 3.88. The van der Waals surface area contributed by atoms with E-state index in [1.807, 2.05) is 4.90 Å². The van der Waals surface area contributed by atoms with Crippen molar-refractivity contribution < 1.29 is 9.90 Å². The van der Waals surface area contributed by atoms with Gasteiger partial charge in [-0.1, -0.05) is 0 Å². The first kappa shape index (κ1) is 9.86. The topological polar surface area (TPSA) is 40.5 Å². The highest BCUT2D eigenvalue weighted by Crippen LogP contribution is 2.11. The third-order valence-corrected chi connectivity index (χ3v) is 2.82. The standard InChI is InChI=1S/C8H15NO2S/c1-7(10)2-3-9-4-5-12-6-8(9)11/h7,10H,2-6H2,1H3. The molecule has 1 atom stereocenters. The lowest BCUT2D eigenvalue weighted by molar-refractivity contribution is -0.128. The van der Waals surface area contributed by atoms with Crippen molar-refractivity contribution in [2.24, 2.45) is 0 Å². The summed E-state index contributed by atoms with van der Waals surface area (Å²) < 4.78 is 0. The summed E-state index contributed by atoms with van der Waals surface area (Å²) in [5, 5.41) is 9.03. The van der Waals surface area contributed by atoms with Gasteiger partial charge in [0.2, 0.25) is 5.91 Å². The van der Waals surface area contributed by atoms with E-state index in [4.69, 9.17) is 5.11 Å². The average molecular weight is 189 g/mol. The highest BCUT2D eigenvalue weighted by atomic mass is 32.2. The maximum atomic E-state index is 11.2. The molecule has 0 aliphatic carbocycles. The van der Waals surface area contributed by atoms with E-state index in [1.54, 1.807) is 18.7 Å². The molecular formula is C8H15NO2S. The molecule has 70 valence electrons. The minimum Gasteiger partial charge on any atom is -0.393 e. The summed E-state index contributed by atoms with van der Waals surface area (Å²) >= 11 is 1.69. The van der Waals surface area contributed by atoms with Crippen LogP contribution in [0.1, 0.15) is 13.3 Å². The van der Waals surface area contributed by atoms with Crippen LogP contribution >= 0.6 is 11.8 Å². The molecular weight excluding hydrogens is 174 g/mol. The first-order valence-electron chi connectivity index (χ1n) is 4.23. The first-order chi connectivity index (χ1) is 5.70. The number of aliphatic hydroxyl groups is 1. The van der Waals surface area contributed by atoms with Crippen LogP contribution in [0.5, 0.6) is 0 Å². The molecule has 0 spiro atoms. The van der Waals surface area contributed by atoms with Crippen LogP contribution in [-0.2, 0) is 4.79 Å². The molecule has 1 aliphatic rings. The summed E-state index contributed by atoms with van der Waals surface area (Å²) in [6.07, 6.45) is 0.392. The molecule has 12 heavy (non-hydrogen) atoms. The lowest BCUT2D eigenvalue weighted by Gasteiger charge is -2.26. The zero-order valence-electron chi connectivity index (χ0n) is 7.32. The smallest absolute Gasteiger partial charge is 0.232 e.